The number of nitrogens with zero attached hydrogens (tertiary/aromatic N) is 1. The van der Waals surface area contributed by atoms with Crippen molar-refractivity contribution in [1.29, 1.82) is 0 Å². The van der Waals surface area contributed by atoms with E-state index in [1.54, 1.807) is 0 Å². The number of carbonyl (C=O) groups is 1. The van der Waals surface area contributed by atoms with E-state index >= 15 is 0 Å². The maximum absolute atomic E-state index is 12.3. The molecule has 0 aliphatic carbocycles. The monoisotopic (exact) mass is 382 g/mol. The average molecular weight is 382 g/mol. The third-order valence-electron chi connectivity index (χ3n) is 3.89. The van der Waals surface area contributed by atoms with Crippen LogP contribution in [-0.2, 0) is 4.79 Å². The molecule has 2 aliphatic rings. The van der Waals surface area contributed by atoms with Crippen molar-refractivity contribution < 1.29 is 19.0 Å². The zero-order chi connectivity index (χ0) is 18.6. The summed E-state index contributed by atoms with van der Waals surface area (Å²) in [6.45, 7) is 3.64. The second kappa shape index (κ2) is 7.75. The summed E-state index contributed by atoms with van der Waals surface area (Å²) in [7, 11) is 0. The van der Waals surface area contributed by atoms with Crippen molar-refractivity contribution in [1.82, 2.24) is 5.32 Å². The zero-order valence-electron chi connectivity index (χ0n) is 14.7. The summed E-state index contributed by atoms with van der Waals surface area (Å²) >= 11 is 1.31. The molecule has 0 saturated carbocycles. The lowest BCUT2D eigenvalue weighted by Crippen LogP contribution is -2.19. The van der Waals surface area contributed by atoms with Crippen molar-refractivity contribution in [3.63, 3.8) is 0 Å². The van der Waals surface area contributed by atoms with E-state index < -0.39 is 0 Å². The summed E-state index contributed by atoms with van der Waals surface area (Å²) < 4.78 is 16.5. The highest BCUT2D eigenvalue weighted by Crippen LogP contribution is 2.33. The van der Waals surface area contributed by atoms with Gasteiger partial charge in [-0.3, -0.25) is 4.79 Å². The van der Waals surface area contributed by atoms with Gasteiger partial charge in [-0.15, -0.1) is 0 Å². The molecule has 1 N–H and O–H groups in total. The van der Waals surface area contributed by atoms with Gasteiger partial charge in [-0.2, -0.15) is 0 Å². The van der Waals surface area contributed by atoms with Crippen molar-refractivity contribution in [3.8, 4) is 17.2 Å². The Hall–Kier alpha value is -2.93. The van der Waals surface area contributed by atoms with Gasteiger partial charge in [0.2, 0.25) is 0 Å². The van der Waals surface area contributed by atoms with Gasteiger partial charge in [-0.25, -0.2) is 4.99 Å². The number of fused-ring (bicyclic) bond motifs is 1. The fourth-order valence-electron chi connectivity index (χ4n) is 2.68. The molecular formula is C20H18N2O4S. The molecule has 2 heterocycles. The fourth-order valence-corrected chi connectivity index (χ4v) is 3.52. The number of aliphatic imine (C=N–C) groups is 1. The Labute approximate surface area is 161 Å². The van der Waals surface area contributed by atoms with Crippen LogP contribution in [0.15, 0.2) is 52.4 Å². The number of benzene rings is 2. The highest BCUT2D eigenvalue weighted by Gasteiger charge is 2.24. The van der Waals surface area contributed by atoms with Gasteiger partial charge in [0.1, 0.15) is 19.0 Å². The number of amidine groups is 1. The van der Waals surface area contributed by atoms with Crippen molar-refractivity contribution in [2.75, 3.05) is 19.8 Å². The van der Waals surface area contributed by atoms with Crippen LogP contribution < -0.4 is 19.5 Å². The van der Waals surface area contributed by atoms with Crippen LogP contribution in [0.4, 0.5) is 5.69 Å². The van der Waals surface area contributed by atoms with E-state index in [4.69, 9.17) is 14.2 Å². The van der Waals surface area contributed by atoms with Crippen molar-refractivity contribution >= 4 is 34.6 Å². The normalized spacial score (nSPS) is 18.6. The molecule has 2 aliphatic heterocycles. The molecule has 1 saturated heterocycles. The SMILES string of the molecule is CCOc1ccc(N=C2NC(=O)/C(=C\c3ccc4c(c3)OCCO4)S2)cc1. The van der Waals surface area contributed by atoms with Gasteiger partial charge in [0, 0.05) is 0 Å². The topological polar surface area (TPSA) is 69.2 Å². The van der Waals surface area contributed by atoms with Gasteiger partial charge in [0.25, 0.3) is 5.91 Å². The molecule has 2 aromatic rings. The Balaban J connectivity index is 1.51. The second-order valence-electron chi connectivity index (χ2n) is 5.81. The summed E-state index contributed by atoms with van der Waals surface area (Å²) in [5.41, 5.74) is 1.63. The Morgan fingerprint density at radius 1 is 1.15 bits per heavy atom. The number of hydrogen-bond acceptors (Lipinski definition) is 6. The maximum Gasteiger partial charge on any atom is 0.264 e. The largest absolute Gasteiger partial charge is 0.494 e. The van der Waals surface area contributed by atoms with Gasteiger partial charge >= 0.3 is 0 Å². The van der Waals surface area contributed by atoms with E-state index in [0.717, 1.165) is 22.7 Å². The first-order valence-electron chi connectivity index (χ1n) is 8.63. The van der Waals surface area contributed by atoms with E-state index in [9.17, 15) is 4.79 Å². The summed E-state index contributed by atoms with van der Waals surface area (Å²) in [4.78, 5) is 17.3. The number of nitrogens with one attached hydrogen (secondary N) is 1. The summed E-state index contributed by atoms with van der Waals surface area (Å²) in [5.74, 6) is 2.05. The predicted molar refractivity (Wildman–Crippen MR) is 106 cm³/mol. The predicted octanol–water partition coefficient (Wildman–Crippen LogP) is 3.75. The minimum Gasteiger partial charge on any atom is -0.494 e. The first-order valence-corrected chi connectivity index (χ1v) is 9.45. The van der Waals surface area contributed by atoms with Gasteiger partial charge in [0.15, 0.2) is 16.7 Å². The van der Waals surface area contributed by atoms with Crippen LogP contribution in [0, 0.1) is 0 Å². The minimum absolute atomic E-state index is 0.167. The van der Waals surface area contributed by atoms with E-state index in [1.807, 2.05) is 55.5 Å². The van der Waals surface area contributed by atoms with Crippen molar-refractivity contribution in [2.45, 2.75) is 6.92 Å². The highest BCUT2D eigenvalue weighted by atomic mass is 32.2. The van der Waals surface area contributed by atoms with Crippen LogP contribution in [0.25, 0.3) is 6.08 Å². The Bertz CT molecular complexity index is 922. The minimum atomic E-state index is -0.167. The maximum atomic E-state index is 12.3. The van der Waals surface area contributed by atoms with Gasteiger partial charge in [0.05, 0.1) is 17.2 Å². The molecule has 0 unspecified atom stereocenters. The van der Waals surface area contributed by atoms with E-state index in [2.05, 4.69) is 10.3 Å². The van der Waals surface area contributed by atoms with Crippen LogP contribution in [-0.4, -0.2) is 30.9 Å². The summed E-state index contributed by atoms with van der Waals surface area (Å²) in [5, 5.41) is 3.34. The Morgan fingerprint density at radius 3 is 2.70 bits per heavy atom. The quantitative estimate of drug-likeness (QED) is 0.816. The molecule has 1 amide bonds. The van der Waals surface area contributed by atoms with Crippen molar-refractivity contribution in [2.24, 2.45) is 4.99 Å². The number of ether oxygens (including phenoxy) is 3. The lowest BCUT2D eigenvalue weighted by molar-refractivity contribution is -0.115. The first kappa shape index (κ1) is 17.5. The number of amides is 1. The van der Waals surface area contributed by atoms with Crippen LogP contribution >= 0.6 is 11.8 Å². The molecule has 0 spiro atoms. The van der Waals surface area contributed by atoms with Crippen LogP contribution in [0.3, 0.4) is 0 Å². The van der Waals surface area contributed by atoms with Crippen LogP contribution in [0.2, 0.25) is 0 Å². The fraction of sp³-hybridized carbons (Fsp3) is 0.200. The van der Waals surface area contributed by atoms with E-state index in [1.165, 1.54) is 11.8 Å². The standard InChI is InChI=1S/C20H18N2O4S/c1-2-24-15-6-4-14(5-7-15)21-20-22-19(23)18(27-20)12-13-3-8-16-17(11-13)26-10-9-25-16/h3-8,11-12H,2,9-10H2,1H3,(H,21,22,23)/b18-12+. The van der Waals surface area contributed by atoms with Gasteiger partial charge < -0.3 is 19.5 Å². The highest BCUT2D eigenvalue weighted by molar-refractivity contribution is 8.18. The zero-order valence-corrected chi connectivity index (χ0v) is 15.5. The molecule has 2 aromatic carbocycles. The molecule has 0 radical (unpaired) electrons. The van der Waals surface area contributed by atoms with Crippen molar-refractivity contribution in [3.05, 3.63) is 52.9 Å². The third kappa shape index (κ3) is 4.09. The lowest BCUT2D eigenvalue weighted by atomic mass is 10.2. The van der Waals surface area contributed by atoms with E-state index in [-0.39, 0.29) is 5.91 Å². The number of hydrogen-bond donors (Lipinski definition) is 1. The Kier molecular flexibility index (Phi) is 5.02. The number of carbonyl (C=O) groups excluding carboxylic acids is 1. The molecule has 4 rings (SSSR count). The lowest BCUT2D eigenvalue weighted by Gasteiger charge is -2.18. The van der Waals surface area contributed by atoms with E-state index in [0.29, 0.717) is 35.6 Å². The molecule has 0 bridgehead atoms. The molecule has 27 heavy (non-hydrogen) atoms. The molecule has 1 fully saturated rings. The van der Waals surface area contributed by atoms with Gasteiger partial charge in [-0.1, -0.05) is 6.07 Å². The molecule has 138 valence electrons. The molecular weight excluding hydrogens is 364 g/mol. The number of thioether (sulfide) groups is 1. The third-order valence-corrected chi connectivity index (χ3v) is 4.80. The van der Waals surface area contributed by atoms with Gasteiger partial charge in [-0.05, 0) is 66.7 Å². The smallest absolute Gasteiger partial charge is 0.264 e. The molecule has 6 nitrogen and oxygen atoms in total. The molecule has 7 heteroatoms. The molecule has 0 atom stereocenters. The second-order valence-corrected chi connectivity index (χ2v) is 6.84. The van der Waals surface area contributed by atoms with Crippen LogP contribution in [0.1, 0.15) is 12.5 Å². The first-order chi connectivity index (χ1) is 13.2. The Morgan fingerprint density at radius 2 is 1.93 bits per heavy atom. The summed E-state index contributed by atoms with van der Waals surface area (Å²) in [6, 6.07) is 13.0. The summed E-state index contributed by atoms with van der Waals surface area (Å²) in [6.07, 6.45) is 1.82. The average Bonchev–Trinajstić information content (AvgIpc) is 3.02. The molecule has 0 aromatic heterocycles. The number of rotatable bonds is 4. The van der Waals surface area contributed by atoms with Crippen LogP contribution in [0.5, 0.6) is 17.2 Å².